The molecule has 0 bridgehead atoms. The molecule has 16 aromatic carbocycles. The first-order valence-electron chi connectivity index (χ1n) is 38.2. The molecule has 0 amide bonds. The lowest BCUT2D eigenvalue weighted by Crippen LogP contribution is -2.29. The molecule has 0 radical (unpaired) electrons. The standard InChI is InChI=1S/C106H76F2N2O3/c1-7-71-27-47-87(48-28-71)111-89-51-33-77(34-52-89)105(99-59-67(3)23-25-69(99)5)97-21-11-9-19-91(97)93-55-31-75(63-101(93)105)73-15-13-17-83(61-73)109(81-41-37-79(107)38-42-81)85-45-57-95-96-58-46-86(66-104(96)113-103(95)65-85)110(82-43-39-80(108)40-44-82)84-18-14-16-74(62-84)76-32-56-94-92-20-10-12-22-98(92)106(102(94)64-76,100-60-68(4)24-26-70(100)6)78-35-53-90(54-36-78)112-88-49-29-72(8-2)30-50-88/h7-66H,1-2H2,3-6H3. The molecule has 1 heterocycles. The van der Waals surface area contributed by atoms with E-state index in [-0.39, 0.29) is 11.6 Å². The predicted octanol–water partition coefficient (Wildman–Crippen LogP) is 29.0. The minimum absolute atomic E-state index is 0.332. The Kier molecular flexibility index (Phi) is 17.2. The van der Waals surface area contributed by atoms with Crippen LogP contribution in [0.25, 0.3) is 78.6 Å². The number of ether oxygens (including phenoxy) is 2. The Morgan fingerprint density at radius 3 is 1.04 bits per heavy atom. The molecule has 0 N–H and O–H groups in total. The van der Waals surface area contributed by atoms with E-state index in [9.17, 15) is 0 Å². The molecule has 19 rings (SSSR count). The monoisotopic (exact) mass is 1460 g/mol. The zero-order valence-corrected chi connectivity index (χ0v) is 62.9. The molecular formula is C106H76F2N2O3. The van der Waals surface area contributed by atoms with Gasteiger partial charge in [-0.3, -0.25) is 0 Å². The Morgan fingerprint density at radius 1 is 0.292 bits per heavy atom. The Bertz CT molecular complexity index is 6200. The lowest BCUT2D eigenvalue weighted by atomic mass is 9.66. The minimum Gasteiger partial charge on any atom is -0.457 e. The summed E-state index contributed by atoms with van der Waals surface area (Å²) < 4.78 is 50.2. The second-order valence-electron chi connectivity index (χ2n) is 29.7. The maximum absolute atomic E-state index is 15.1. The van der Waals surface area contributed by atoms with Gasteiger partial charge in [0.25, 0.3) is 0 Å². The first-order valence-corrected chi connectivity index (χ1v) is 38.2. The topological polar surface area (TPSA) is 38.1 Å². The summed E-state index contributed by atoms with van der Waals surface area (Å²) in [5, 5.41) is 1.86. The Hall–Kier alpha value is -14.1. The SMILES string of the molecule is C=Cc1ccc(Oc2ccc(C3(c4cc(C)ccc4C)c4ccccc4-c4ccc(-c5cccc(N(c6ccc(F)cc6)c6ccc7c(c6)oc6cc(N(c8ccc(F)cc8)c8cccc(-c9ccc%10c(c9)C(c9ccc(Oc%11ccc(C=C)cc%11)cc9)(c9cc(C)ccc9C)c9ccccc9-%10)c8)ccc67)c5)cc43)cc2)cc1. The van der Waals surface area contributed by atoms with E-state index in [0.29, 0.717) is 11.2 Å². The van der Waals surface area contributed by atoms with Crippen LogP contribution in [-0.2, 0) is 10.8 Å². The highest BCUT2D eigenvalue weighted by Gasteiger charge is 2.49. The van der Waals surface area contributed by atoms with E-state index in [4.69, 9.17) is 13.9 Å². The van der Waals surface area contributed by atoms with Crippen LogP contribution in [0, 0.1) is 39.3 Å². The summed E-state index contributed by atoms with van der Waals surface area (Å²) >= 11 is 0. The normalized spacial score (nSPS) is 14.4. The van der Waals surface area contributed by atoms with Crippen molar-refractivity contribution in [1.82, 2.24) is 0 Å². The number of benzene rings is 16. The van der Waals surface area contributed by atoms with Gasteiger partial charge in [0, 0.05) is 57.0 Å². The predicted molar refractivity (Wildman–Crippen MR) is 461 cm³/mol. The van der Waals surface area contributed by atoms with Crippen LogP contribution in [0.5, 0.6) is 23.0 Å². The maximum Gasteiger partial charge on any atom is 0.137 e. The molecule has 2 aliphatic rings. The number of halogens is 2. The molecule has 542 valence electrons. The third kappa shape index (κ3) is 12.0. The van der Waals surface area contributed by atoms with Crippen LogP contribution in [0.2, 0.25) is 0 Å². The van der Waals surface area contributed by atoms with E-state index in [1.165, 1.54) is 102 Å². The first-order chi connectivity index (χ1) is 55.3. The third-order valence-electron chi connectivity index (χ3n) is 23.0. The summed E-state index contributed by atoms with van der Waals surface area (Å²) in [5.41, 5.74) is 30.0. The maximum atomic E-state index is 15.1. The highest BCUT2D eigenvalue weighted by Crippen LogP contribution is 2.60. The summed E-state index contributed by atoms with van der Waals surface area (Å²) in [6, 6.07) is 121. The molecule has 1 aromatic heterocycles. The fraction of sp³-hybridized carbons (Fsp3) is 0.0566. The van der Waals surface area contributed by atoms with Gasteiger partial charge in [0.15, 0.2) is 0 Å². The van der Waals surface area contributed by atoms with Gasteiger partial charge in [0.2, 0.25) is 0 Å². The summed E-state index contributed by atoms with van der Waals surface area (Å²) in [6.07, 6.45) is 3.66. The molecule has 2 unspecified atom stereocenters. The molecule has 7 heteroatoms. The average molecular weight is 1460 g/mol. The van der Waals surface area contributed by atoms with Crippen molar-refractivity contribution in [3.63, 3.8) is 0 Å². The van der Waals surface area contributed by atoms with E-state index >= 15 is 8.78 Å². The van der Waals surface area contributed by atoms with Crippen LogP contribution in [0.3, 0.4) is 0 Å². The number of furan rings is 1. The van der Waals surface area contributed by atoms with Crippen molar-refractivity contribution in [2.45, 2.75) is 38.5 Å². The van der Waals surface area contributed by atoms with Gasteiger partial charge < -0.3 is 23.7 Å². The van der Waals surface area contributed by atoms with Crippen LogP contribution >= 0.6 is 0 Å². The summed E-state index contributed by atoms with van der Waals surface area (Å²) in [6.45, 7) is 16.6. The van der Waals surface area contributed by atoms with Crippen molar-refractivity contribution in [3.05, 3.63) is 455 Å². The van der Waals surface area contributed by atoms with Crippen LogP contribution in [0.4, 0.5) is 42.9 Å². The van der Waals surface area contributed by atoms with Crippen molar-refractivity contribution >= 4 is 68.2 Å². The minimum atomic E-state index is -0.699. The Labute approximate surface area is 657 Å². The number of aryl methyl sites for hydroxylation is 4. The number of hydrogen-bond donors (Lipinski definition) is 0. The molecule has 0 spiro atoms. The fourth-order valence-corrected chi connectivity index (χ4v) is 17.6. The zero-order valence-electron chi connectivity index (χ0n) is 62.9. The quantitative estimate of drug-likeness (QED) is 0.0856. The molecule has 0 saturated carbocycles. The number of nitrogens with zero attached hydrogens (tertiary/aromatic N) is 2. The molecule has 113 heavy (non-hydrogen) atoms. The van der Waals surface area contributed by atoms with Gasteiger partial charge in [-0.05, 0) is 297 Å². The van der Waals surface area contributed by atoms with Gasteiger partial charge in [-0.2, -0.15) is 0 Å². The van der Waals surface area contributed by atoms with Gasteiger partial charge in [-0.1, -0.05) is 218 Å². The average Bonchev–Trinajstić information content (AvgIpc) is 1.55. The highest BCUT2D eigenvalue weighted by molar-refractivity contribution is 6.08. The molecule has 2 aliphatic carbocycles. The summed E-state index contributed by atoms with van der Waals surface area (Å²) in [7, 11) is 0. The number of anilines is 6. The van der Waals surface area contributed by atoms with E-state index in [0.717, 1.165) is 112 Å². The van der Waals surface area contributed by atoms with Crippen molar-refractivity contribution in [3.8, 4) is 67.5 Å². The van der Waals surface area contributed by atoms with E-state index in [2.05, 4.69) is 305 Å². The van der Waals surface area contributed by atoms with Gasteiger partial charge in [0.05, 0.1) is 10.8 Å². The molecule has 0 aliphatic heterocycles. The molecule has 0 saturated heterocycles. The van der Waals surface area contributed by atoms with E-state index < -0.39 is 10.8 Å². The largest absolute Gasteiger partial charge is 0.457 e. The van der Waals surface area contributed by atoms with E-state index in [1.807, 2.05) is 84.9 Å². The van der Waals surface area contributed by atoms with E-state index in [1.54, 1.807) is 0 Å². The van der Waals surface area contributed by atoms with Crippen LogP contribution in [-0.4, -0.2) is 0 Å². The highest BCUT2D eigenvalue weighted by atomic mass is 19.1. The number of hydrogen-bond acceptors (Lipinski definition) is 5. The van der Waals surface area contributed by atoms with Gasteiger partial charge >= 0.3 is 0 Å². The van der Waals surface area contributed by atoms with Gasteiger partial charge in [-0.25, -0.2) is 8.78 Å². The fourth-order valence-electron chi connectivity index (χ4n) is 17.6. The van der Waals surface area contributed by atoms with Crippen molar-refractivity contribution < 1.29 is 22.7 Å². The van der Waals surface area contributed by atoms with Crippen molar-refractivity contribution in [1.29, 1.82) is 0 Å². The van der Waals surface area contributed by atoms with Crippen LogP contribution < -0.4 is 19.3 Å². The number of rotatable bonds is 18. The summed E-state index contributed by atoms with van der Waals surface area (Å²) in [4.78, 5) is 4.32. The van der Waals surface area contributed by atoms with Gasteiger partial charge in [0.1, 0.15) is 45.8 Å². The first kappa shape index (κ1) is 69.3. The number of fused-ring (bicyclic) bond motifs is 9. The molecular weight excluding hydrogens is 1390 g/mol. The van der Waals surface area contributed by atoms with Crippen LogP contribution in [0.15, 0.2) is 369 Å². The Balaban J connectivity index is 0.684. The Morgan fingerprint density at radius 2 is 0.646 bits per heavy atom. The summed E-state index contributed by atoms with van der Waals surface area (Å²) in [5.74, 6) is 2.32. The lowest BCUT2D eigenvalue weighted by molar-refractivity contribution is 0.482. The van der Waals surface area contributed by atoms with Crippen molar-refractivity contribution in [2.75, 3.05) is 9.80 Å². The third-order valence-corrected chi connectivity index (χ3v) is 23.0. The second-order valence-corrected chi connectivity index (χ2v) is 29.7. The smallest absolute Gasteiger partial charge is 0.137 e. The molecule has 17 aromatic rings. The zero-order chi connectivity index (χ0) is 76.6. The second kappa shape index (κ2) is 28.1. The molecule has 5 nitrogen and oxygen atoms in total. The van der Waals surface area contributed by atoms with Crippen molar-refractivity contribution in [2.24, 2.45) is 0 Å². The molecule has 0 fully saturated rings. The van der Waals surface area contributed by atoms with Crippen LogP contribution in [0.1, 0.15) is 77.9 Å². The van der Waals surface area contributed by atoms with Gasteiger partial charge in [-0.15, -0.1) is 0 Å². The molecule has 2 atom stereocenters. The lowest BCUT2D eigenvalue weighted by Gasteiger charge is -2.35.